The van der Waals surface area contributed by atoms with Gasteiger partial charge in [0.15, 0.2) is 0 Å². The van der Waals surface area contributed by atoms with Crippen LogP contribution in [-0.2, 0) is 11.8 Å². The van der Waals surface area contributed by atoms with E-state index in [2.05, 4.69) is 51.2 Å². The average molecular weight is 245 g/mol. The van der Waals surface area contributed by atoms with Crippen LogP contribution >= 0.6 is 0 Å². The molecular weight excluding hydrogens is 218 g/mol. The SMILES string of the molecule is CCCCCCc1ccc2c(c1)C(C)(C)C(C)N2. The van der Waals surface area contributed by atoms with E-state index in [4.69, 9.17) is 0 Å². The van der Waals surface area contributed by atoms with E-state index in [1.807, 2.05) is 0 Å². The smallest absolute Gasteiger partial charge is 0.0381 e. The molecule has 1 atom stereocenters. The van der Waals surface area contributed by atoms with Crippen LogP contribution < -0.4 is 5.32 Å². The van der Waals surface area contributed by atoms with E-state index in [0.717, 1.165) is 0 Å². The van der Waals surface area contributed by atoms with Gasteiger partial charge in [0, 0.05) is 17.1 Å². The van der Waals surface area contributed by atoms with Crippen LogP contribution in [0.1, 0.15) is 64.5 Å². The molecule has 1 aromatic carbocycles. The van der Waals surface area contributed by atoms with E-state index in [-0.39, 0.29) is 5.41 Å². The van der Waals surface area contributed by atoms with Crippen LogP contribution in [0.15, 0.2) is 18.2 Å². The monoisotopic (exact) mass is 245 g/mol. The summed E-state index contributed by atoms with van der Waals surface area (Å²) >= 11 is 0. The summed E-state index contributed by atoms with van der Waals surface area (Å²) < 4.78 is 0. The Morgan fingerprint density at radius 2 is 1.94 bits per heavy atom. The van der Waals surface area contributed by atoms with Gasteiger partial charge in [0.05, 0.1) is 0 Å². The second-order valence-electron chi connectivity index (χ2n) is 6.28. The van der Waals surface area contributed by atoms with Crippen molar-refractivity contribution in [1.29, 1.82) is 0 Å². The Bertz CT molecular complexity index is 406. The molecule has 0 saturated heterocycles. The van der Waals surface area contributed by atoms with Crippen molar-refractivity contribution >= 4 is 5.69 Å². The topological polar surface area (TPSA) is 12.0 Å². The van der Waals surface area contributed by atoms with Gasteiger partial charge >= 0.3 is 0 Å². The number of fused-ring (bicyclic) bond motifs is 1. The third-order valence-electron chi connectivity index (χ3n) is 4.55. The number of rotatable bonds is 5. The van der Waals surface area contributed by atoms with Gasteiger partial charge < -0.3 is 5.32 Å². The highest BCUT2D eigenvalue weighted by Crippen LogP contribution is 2.41. The lowest BCUT2D eigenvalue weighted by Gasteiger charge is -2.24. The molecular formula is C17H27N. The predicted octanol–water partition coefficient (Wildman–Crippen LogP) is 4.90. The highest BCUT2D eigenvalue weighted by molar-refractivity contribution is 5.62. The van der Waals surface area contributed by atoms with Gasteiger partial charge in [-0.2, -0.15) is 0 Å². The largest absolute Gasteiger partial charge is 0.381 e. The van der Waals surface area contributed by atoms with E-state index in [9.17, 15) is 0 Å². The molecule has 1 aromatic rings. The van der Waals surface area contributed by atoms with Crippen molar-refractivity contribution in [2.24, 2.45) is 0 Å². The van der Waals surface area contributed by atoms with E-state index in [0.29, 0.717) is 6.04 Å². The lowest BCUT2D eigenvalue weighted by molar-refractivity contribution is 0.486. The van der Waals surface area contributed by atoms with Gasteiger partial charge in [-0.25, -0.2) is 0 Å². The Morgan fingerprint density at radius 3 is 2.67 bits per heavy atom. The molecule has 1 heteroatoms. The molecule has 1 heterocycles. The number of hydrogen-bond donors (Lipinski definition) is 1. The first-order valence-corrected chi connectivity index (χ1v) is 7.45. The summed E-state index contributed by atoms with van der Waals surface area (Å²) in [5.74, 6) is 0. The molecule has 0 fully saturated rings. The summed E-state index contributed by atoms with van der Waals surface area (Å²) in [6.45, 7) is 9.24. The highest BCUT2D eigenvalue weighted by Gasteiger charge is 2.36. The molecule has 0 aliphatic carbocycles. The molecule has 0 bridgehead atoms. The van der Waals surface area contributed by atoms with Gasteiger partial charge in [-0.05, 0) is 37.0 Å². The van der Waals surface area contributed by atoms with Crippen LogP contribution in [0.4, 0.5) is 5.69 Å². The molecule has 1 nitrogen and oxygen atoms in total. The van der Waals surface area contributed by atoms with Gasteiger partial charge in [0.2, 0.25) is 0 Å². The molecule has 1 aliphatic rings. The Kier molecular flexibility index (Phi) is 3.99. The number of aryl methyl sites for hydroxylation is 1. The lowest BCUT2D eigenvalue weighted by atomic mass is 9.81. The molecule has 0 amide bonds. The number of anilines is 1. The van der Waals surface area contributed by atoms with E-state index in [1.54, 1.807) is 0 Å². The van der Waals surface area contributed by atoms with Crippen molar-refractivity contribution in [2.45, 2.75) is 71.3 Å². The summed E-state index contributed by atoms with van der Waals surface area (Å²) in [5.41, 5.74) is 4.61. The summed E-state index contributed by atoms with van der Waals surface area (Å²) in [5, 5.41) is 3.59. The zero-order valence-corrected chi connectivity index (χ0v) is 12.3. The molecule has 1 aliphatic heterocycles. The standard InChI is InChI=1S/C17H27N/c1-5-6-7-8-9-14-10-11-16-15(12-14)17(3,4)13(2)18-16/h10-13,18H,5-9H2,1-4H3. The van der Waals surface area contributed by atoms with Gasteiger partial charge in [-0.15, -0.1) is 0 Å². The number of hydrogen-bond acceptors (Lipinski definition) is 1. The van der Waals surface area contributed by atoms with Crippen molar-refractivity contribution < 1.29 is 0 Å². The number of unbranched alkanes of at least 4 members (excludes halogenated alkanes) is 3. The van der Waals surface area contributed by atoms with Crippen molar-refractivity contribution in [3.05, 3.63) is 29.3 Å². The maximum Gasteiger partial charge on any atom is 0.0381 e. The Morgan fingerprint density at radius 1 is 1.17 bits per heavy atom. The van der Waals surface area contributed by atoms with Crippen LogP contribution in [0.5, 0.6) is 0 Å². The zero-order chi connectivity index (χ0) is 13.2. The Hall–Kier alpha value is -0.980. The molecule has 0 radical (unpaired) electrons. The molecule has 1 N–H and O–H groups in total. The Balaban J connectivity index is 2.06. The van der Waals surface area contributed by atoms with Gasteiger partial charge in [0.1, 0.15) is 0 Å². The van der Waals surface area contributed by atoms with Crippen molar-refractivity contribution in [1.82, 2.24) is 0 Å². The van der Waals surface area contributed by atoms with Gasteiger partial charge in [-0.3, -0.25) is 0 Å². The van der Waals surface area contributed by atoms with Crippen LogP contribution in [0.2, 0.25) is 0 Å². The maximum atomic E-state index is 3.59. The first kappa shape index (κ1) is 13.5. The fourth-order valence-electron chi connectivity index (χ4n) is 2.81. The number of benzene rings is 1. The molecule has 100 valence electrons. The van der Waals surface area contributed by atoms with Crippen molar-refractivity contribution in [3.63, 3.8) is 0 Å². The average Bonchev–Trinajstić information content (AvgIpc) is 2.57. The minimum absolute atomic E-state index is 0.259. The van der Waals surface area contributed by atoms with Gasteiger partial charge in [-0.1, -0.05) is 52.2 Å². The second-order valence-corrected chi connectivity index (χ2v) is 6.28. The van der Waals surface area contributed by atoms with Crippen LogP contribution in [0, 0.1) is 0 Å². The molecule has 2 rings (SSSR count). The van der Waals surface area contributed by atoms with Crippen LogP contribution in [0.3, 0.4) is 0 Å². The van der Waals surface area contributed by atoms with E-state index >= 15 is 0 Å². The zero-order valence-electron chi connectivity index (χ0n) is 12.3. The van der Waals surface area contributed by atoms with Crippen LogP contribution in [0.25, 0.3) is 0 Å². The maximum absolute atomic E-state index is 3.59. The van der Waals surface area contributed by atoms with Crippen LogP contribution in [-0.4, -0.2) is 6.04 Å². The van der Waals surface area contributed by atoms with E-state index in [1.165, 1.54) is 48.9 Å². The summed E-state index contributed by atoms with van der Waals surface area (Å²) in [6.07, 6.45) is 6.62. The third-order valence-corrected chi connectivity index (χ3v) is 4.55. The molecule has 0 saturated carbocycles. The lowest BCUT2D eigenvalue weighted by Crippen LogP contribution is -2.29. The first-order valence-electron chi connectivity index (χ1n) is 7.45. The van der Waals surface area contributed by atoms with Gasteiger partial charge in [0.25, 0.3) is 0 Å². The second kappa shape index (κ2) is 5.34. The minimum Gasteiger partial charge on any atom is -0.381 e. The molecule has 1 unspecified atom stereocenters. The summed E-state index contributed by atoms with van der Waals surface area (Å²) in [7, 11) is 0. The van der Waals surface area contributed by atoms with E-state index < -0.39 is 0 Å². The highest BCUT2D eigenvalue weighted by atomic mass is 15.0. The predicted molar refractivity (Wildman–Crippen MR) is 80.4 cm³/mol. The Labute approximate surface area is 112 Å². The fraction of sp³-hybridized carbons (Fsp3) is 0.647. The minimum atomic E-state index is 0.259. The molecule has 18 heavy (non-hydrogen) atoms. The van der Waals surface area contributed by atoms with Crippen molar-refractivity contribution in [3.8, 4) is 0 Å². The van der Waals surface area contributed by atoms with Crippen molar-refractivity contribution in [2.75, 3.05) is 5.32 Å². The molecule has 0 spiro atoms. The first-order chi connectivity index (χ1) is 8.55. The third kappa shape index (κ3) is 2.55. The summed E-state index contributed by atoms with van der Waals surface area (Å²) in [6, 6.07) is 7.53. The number of nitrogens with one attached hydrogen (secondary N) is 1. The molecule has 0 aromatic heterocycles. The fourth-order valence-corrected chi connectivity index (χ4v) is 2.81. The quantitative estimate of drug-likeness (QED) is 0.727. The normalized spacial score (nSPS) is 20.6. The summed E-state index contributed by atoms with van der Waals surface area (Å²) in [4.78, 5) is 0.